The second-order valence-electron chi connectivity index (χ2n) is 4.83. The number of hydrogen-bond acceptors (Lipinski definition) is 4. The van der Waals surface area contributed by atoms with Gasteiger partial charge in [-0.3, -0.25) is 4.79 Å². The van der Waals surface area contributed by atoms with E-state index in [0.29, 0.717) is 25.4 Å². The second kappa shape index (κ2) is 6.89. The van der Waals surface area contributed by atoms with Crippen LogP contribution in [0.3, 0.4) is 0 Å². The average molecular weight is 268 g/mol. The van der Waals surface area contributed by atoms with E-state index in [2.05, 4.69) is 10.3 Å². The fraction of sp³-hybridized carbons (Fsp3) is 0.583. The molecule has 0 aliphatic heterocycles. The van der Waals surface area contributed by atoms with Gasteiger partial charge in [-0.25, -0.2) is 9.78 Å². The lowest BCUT2D eigenvalue weighted by Gasteiger charge is -2.14. The van der Waals surface area contributed by atoms with Crippen LogP contribution in [-0.4, -0.2) is 39.1 Å². The van der Waals surface area contributed by atoms with Gasteiger partial charge in [0, 0.05) is 19.3 Å². The molecule has 1 heterocycles. The Bertz CT molecular complexity index is 442. The standard InChI is InChI=1S/C12H20N4O3/c1-8(2)5-9(13)11(17)14-3-4-16-6-10(12(18)19)15-7-16/h6-9H,3-5,13H2,1-2H3,(H,14,17)(H,18,19)/t9-/m0/s1. The molecule has 0 aromatic carbocycles. The molecule has 7 heteroatoms. The van der Waals surface area contributed by atoms with Crippen molar-refractivity contribution < 1.29 is 14.7 Å². The third kappa shape index (κ3) is 5.09. The van der Waals surface area contributed by atoms with E-state index in [4.69, 9.17) is 10.8 Å². The maximum absolute atomic E-state index is 11.6. The zero-order valence-corrected chi connectivity index (χ0v) is 11.2. The minimum atomic E-state index is -1.07. The van der Waals surface area contributed by atoms with Crippen molar-refractivity contribution in [3.8, 4) is 0 Å². The third-order valence-corrected chi connectivity index (χ3v) is 2.58. The smallest absolute Gasteiger partial charge is 0.356 e. The van der Waals surface area contributed by atoms with Crippen LogP contribution < -0.4 is 11.1 Å². The summed E-state index contributed by atoms with van der Waals surface area (Å²) >= 11 is 0. The van der Waals surface area contributed by atoms with Gasteiger partial charge in [0.25, 0.3) is 0 Å². The molecule has 1 amide bonds. The SMILES string of the molecule is CC(C)C[C@H](N)C(=O)NCCn1cnc(C(=O)O)c1. The normalized spacial score (nSPS) is 12.4. The van der Waals surface area contributed by atoms with Gasteiger partial charge < -0.3 is 20.7 Å². The summed E-state index contributed by atoms with van der Waals surface area (Å²) in [6, 6.07) is -0.502. The molecule has 0 spiro atoms. The van der Waals surface area contributed by atoms with E-state index < -0.39 is 12.0 Å². The van der Waals surface area contributed by atoms with Gasteiger partial charge in [-0.15, -0.1) is 0 Å². The van der Waals surface area contributed by atoms with E-state index in [1.165, 1.54) is 12.5 Å². The highest BCUT2D eigenvalue weighted by Crippen LogP contribution is 2.02. The van der Waals surface area contributed by atoms with Crippen molar-refractivity contribution >= 4 is 11.9 Å². The van der Waals surface area contributed by atoms with Crippen molar-refractivity contribution in [1.82, 2.24) is 14.9 Å². The third-order valence-electron chi connectivity index (χ3n) is 2.58. The maximum Gasteiger partial charge on any atom is 0.356 e. The number of carbonyl (C=O) groups excluding carboxylic acids is 1. The van der Waals surface area contributed by atoms with Crippen LogP contribution in [0.4, 0.5) is 0 Å². The van der Waals surface area contributed by atoms with Crippen LogP contribution in [0, 0.1) is 5.92 Å². The van der Waals surface area contributed by atoms with Crippen molar-refractivity contribution in [3.05, 3.63) is 18.2 Å². The van der Waals surface area contributed by atoms with E-state index in [-0.39, 0.29) is 11.6 Å². The van der Waals surface area contributed by atoms with Crippen molar-refractivity contribution in [2.75, 3.05) is 6.54 Å². The predicted octanol–water partition coefficient (Wildman–Crippen LogP) is 0.0709. The number of aromatic carboxylic acids is 1. The van der Waals surface area contributed by atoms with Gasteiger partial charge in [0.1, 0.15) is 0 Å². The molecule has 1 aromatic heterocycles. The van der Waals surface area contributed by atoms with Gasteiger partial charge in [0.05, 0.1) is 12.4 Å². The van der Waals surface area contributed by atoms with Crippen molar-refractivity contribution in [1.29, 1.82) is 0 Å². The highest BCUT2D eigenvalue weighted by molar-refractivity contribution is 5.84. The number of aromatic nitrogens is 2. The van der Waals surface area contributed by atoms with Crippen molar-refractivity contribution in [2.45, 2.75) is 32.9 Å². The topological polar surface area (TPSA) is 110 Å². The van der Waals surface area contributed by atoms with Gasteiger partial charge in [0.2, 0.25) is 5.91 Å². The summed E-state index contributed by atoms with van der Waals surface area (Å²) in [5, 5.41) is 11.4. The average Bonchev–Trinajstić information content (AvgIpc) is 2.76. The van der Waals surface area contributed by atoms with Crippen LogP contribution in [0.5, 0.6) is 0 Å². The molecule has 0 saturated carbocycles. The monoisotopic (exact) mass is 268 g/mol. The summed E-state index contributed by atoms with van der Waals surface area (Å²) in [5.74, 6) is -0.887. The first kappa shape index (κ1) is 15.2. The van der Waals surface area contributed by atoms with E-state index in [1.807, 2.05) is 13.8 Å². The molecule has 0 saturated heterocycles. The maximum atomic E-state index is 11.6. The number of hydrogen-bond donors (Lipinski definition) is 3. The van der Waals surface area contributed by atoms with E-state index in [1.54, 1.807) is 4.57 Å². The molecule has 0 radical (unpaired) electrons. The first-order valence-corrected chi connectivity index (χ1v) is 6.18. The zero-order valence-electron chi connectivity index (χ0n) is 11.2. The number of rotatable bonds is 7. The lowest BCUT2D eigenvalue weighted by molar-refractivity contribution is -0.122. The highest BCUT2D eigenvalue weighted by atomic mass is 16.4. The molecule has 0 fully saturated rings. The Labute approximate surface area is 111 Å². The van der Waals surface area contributed by atoms with Gasteiger partial charge in [-0.05, 0) is 12.3 Å². The molecule has 1 atom stereocenters. The Morgan fingerprint density at radius 1 is 1.53 bits per heavy atom. The fourth-order valence-electron chi connectivity index (χ4n) is 1.65. The molecule has 1 rings (SSSR count). The minimum Gasteiger partial charge on any atom is -0.476 e. The van der Waals surface area contributed by atoms with E-state index >= 15 is 0 Å². The summed E-state index contributed by atoms with van der Waals surface area (Å²) in [5.41, 5.74) is 5.72. The number of imidazole rings is 1. The molecule has 7 nitrogen and oxygen atoms in total. The van der Waals surface area contributed by atoms with E-state index in [0.717, 1.165) is 0 Å². The predicted molar refractivity (Wildman–Crippen MR) is 69.6 cm³/mol. The summed E-state index contributed by atoms with van der Waals surface area (Å²) in [4.78, 5) is 26.0. The van der Waals surface area contributed by atoms with Gasteiger partial charge >= 0.3 is 5.97 Å². The Kier molecular flexibility index (Phi) is 5.50. The minimum absolute atomic E-state index is 0.0113. The first-order valence-electron chi connectivity index (χ1n) is 6.18. The van der Waals surface area contributed by atoms with Crippen molar-refractivity contribution in [2.24, 2.45) is 11.7 Å². The molecule has 19 heavy (non-hydrogen) atoms. The molecule has 0 unspecified atom stereocenters. The zero-order chi connectivity index (χ0) is 14.4. The Balaban J connectivity index is 2.33. The van der Waals surface area contributed by atoms with Crippen LogP contribution in [0.2, 0.25) is 0 Å². The molecular formula is C12H20N4O3. The number of carbonyl (C=O) groups is 2. The quantitative estimate of drug-likeness (QED) is 0.648. The molecule has 0 aliphatic rings. The Morgan fingerprint density at radius 2 is 2.21 bits per heavy atom. The van der Waals surface area contributed by atoms with Crippen molar-refractivity contribution in [3.63, 3.8) is 0 Å². The largest absolute Gasteiger partial charge is 0.476 e. The Hall–Kier alpha value is -1.89. The summed E-state index contributed by atoms with van der Waals surface area (Å²) in [6.07, 6.45) is 3.48. The van der Waals surface area contributed by atoms with Crippen LogP contribution in [0.1, 0.15) is 30.8 Å². The Morgan fingerprint density at radius 3 is 2.74 bits per heavy atom. The first-order chi connectivity index (χ1) is 8.90. The van der Waals surface area contributed by atoms with Crippen LogP contribution in [0.15, 0.2) is 12.5 Å². The van der Waals surface area contributed by atoms with Gasteiger partial charge in [-0.1, -0.05) is 13.8 Å². The molecule has 106 valence electrons. The fourth-order valence-corrected chi connectivity index (χ4v) is 1.65. The summed E-state index contributed by atoms with van der Waals surface area (Å²) in [6.45, 7) is 4.86. The molecule has 4 N–H and O–H groups in total. The second-order valence-corrected chi connectivity index (χ2v) is 4.83. The molecule has 1 aromatic rings. The van der Waals surface area contributed by atoms with Crippen LogP contribution in [-0.2, 0) is 11.3 Å². The number of nitrogens with zero attached hydrogens (tertiary/aromatic N) is 2. The number of nitrogens with two attached hydrogens (primary N) is 1. The lowest BCUT2D eigenvalue weighted by Crippen LogP contribution is -2.42. The van der Waals surface area contributed by atoms with Crippen LogP contribution >= 0.6 is 0 Å². The summed E-state index contributed by atoms with van der Waals surface area (Å²) < 4.78 is 1.61. The summed E-state index contributed by atoms with van der Waals surface area (Å²) in [7, 11) is 0. The number of amides is 1. The molecule has 0 bridgehead atoms. The van der Waals surface area contributed by atoms with Gasteiger partial charge in [-0.2, -0.15) is 0 Å². The molecule has 0 aliphatic carbocycles. The number of nitrogens with one attached hydrogen (secondary N) is 1. The number of carboxylic acid groups (broad SMARTS) is 1. The van der Waals surface area contributed by atoms with Gasteiger partial charge in [0.15, 0.2) is 5.69 Å². The number of carboxylic acids is 1. The highest BCUT2D eigenvalue weighted by Gasteiger charge is 2.14. The van der Waals surface area contributed by atoms with Crippen LogP contribution in [0.25, 0.3) is 0 Å². The van der Waals surface area contributed by atoms with E-state index in [9.17, 15) is 9.59 Å². The molecular weight excluding hydrogens is 248 g/mol. The lowest BCUT2D eigenvalue weighted by atomic mass is 10.0.